The molecule has 0 aliphatic carbocycles. The van der Waals surface area contributed by atoms with Gasteiger partial charge in [-0.1, -0.05) is 0 Å². The largest absolute Gasteiger partial charge is 0.508 e. The van der Waals surface area contributed by atoms with E-state index in [1.54, 1.807) is 0 Å². The fraction of sp³-hybridized carbons (Fsp3) is 0.364. The van der Waals surface area contributed by atoms with Crippen molar-refractivity contribution in [3.63, 3.8) is 0 Å². The first kappa shape index (κ1) is 11.7. The number of likely N-dealkylation sites (tertiary alicyclic amines) is 1. The number of amides is 1. The number of carbonyl (C=O) groups excluding carboxylic acids is 1. The van der Waals surface area contributed by atoms with Crippen molar-refractivity contribution in [1.29, 1.82) is 0 Å². The molecule has 1 aromatic rings. The van der Waals surface area contributed by atoms with Gasteiger partial charge in [0.1, 0.15) is 11.5 Å². The third kappa shape index (κ3) is 2.17. The van der Waals surface area contributed by atoms with Crippen molar-refractivity contribution in [2.24, 2.45) is 0 Å². The summed E-state index contributed by atoms with van der Waals surface area (Å²) >= 11 is 0. The second-order valence-electron chi connectivity index (χ2n) is 4.05. The number of rotatable bonds is 1. The molecule has 92 valence electrons. The quantitative estimate of drug-likeness (QED) is 0.518. The van der Waals surface area contributed by atoms with E-state index in [4.69, 9.17) is 5.11 Å². The predicted molar refractivity (Wildman–Crippen MR) is 57.7 cm³/mol. The van der Waals surface area contributed by atoms with E-state index in [-0.39, 0.29) is 30.2 Å². The number of nitrogens with zero attached hydrogens (tertiary/aromatic N) is 1. The van der Waals surface area contributed by atoms with E-state index < -0.39 is 18.1 Å². The Labute approximate surface area is 97.3 Å². The molecule has 2 rings (SSSR count). The topological polar surface area (TPSA) is 101 Å². The van der Waals surface area contributed by atoms with Crippen molar-refractivity contribution in [2.75, 3.05) is 13.1 Å². The van der Waals surface area contributed by atoms with Gasteiger partial charge in [-0.25, -0.2) is 0 Å². The maximum absolute atomic E-state index is 11.9. The van der Waals surface area contributed by atoms with Crippen molar-refractivity contribution in [3.8, 4) is 11.5 Å². The van der Waals surface area contributed by atoms with Gasteiger partial charge in [-0.05, 0) is 12.1 Å². The molecule has 17 heavy (non-hydrogen) atoms. The summed E-state index contributed by atoms with van der Waals surface area (Å²) in [5.41, 5.74) is 0.0316. The zero-order valence-corrected chi connectivity index (χ0v) is 8.95. The van der Waals surface area contributed by atoms with Gasteiger partial charge in [-0.2, -0.15) is 0 Å². The molecule has 1 heterocycles. The Hall–Kier alpha value is -1.79. The Morgan fingerprint density at radius 2 is 1.76 bits per heavy atom. The van der Waals surface area contributed by atoms with E-state index >= 15 is 0 Å². The van der Waals surface area contributed by atoms with Crippen LogP contribution in [0.2, 0.25) is 0 Å². The predicted octanol–water partition coefficient (Wildman–Crippen LogP) is -0.725. The second-order valence-corrected chi connectivity index (χ2v) is 4.05. The van der Waals surface area contributed by atoms with Crippen molar-refractivity contribution in [2.45, 2.75) is 12.2 Å². The van der Waals surface area contributed by atoms with Gasteiger partial charge >= 0.3 is 0 Å². The molecule has 1 aliphatic heterocycles. The van der Waals surface area contributed by atoms with Crippen LogP contribution in [0.3, 0.4) is 0 Å². The summed E-state index contributed by atoms with van der Waals surface area (Å²) in [6, 6.07) is 3.65. The lowest BCUT2D eigenvalue weighted by Crippen LogP contribution is -2.29. The SMILES string of the molecule is O=C(c1ccc(O)cc1O)N1CC(O)C(O)C1. The number of aromatic hydroxyl groups is 2. The van der Waals surface area contributed by atoms with E-state index in [0.717, 1.165) is 6.07 Å². The van der Waals surface area contributed by atoms with Crippen LogP contribution < -0.4 is 0 Å². The summed E-state index contributed by atoms with van der Waals surface area (Å²) in [7, 11) is 0. The van der Waals surface area contributed by atoms with Gasteiger partial charge in [0.05, 0.1) is 17.8 Å². The number of hydrogen-bond acceptors (Lipinski definition) is 5. The fourth-order valence-electron chi connectivity index (χ4n) is 1.81. The summed E-state index contributed by atoms with van der Waals surface area (Å²) in [6.07, 6.45) is -1.92. The Kier molecular flexibility index (Phi) is 2.91. The van der Waals surface area contributed by atoms with Crippen LogP contribution in [0.25, 0.3) is 0 Å². The highest BCUT2D eigenvalue weighted by atomic mass is 16.3. The number of hydrogen-bond donors (Lipinski definition) is 4. The van der Waals surface area contributed by atoms with Crippen LogP contribution in [0.15, 0.2) is 18.2 Å². The zero-order chi connectivity index (χ0) is 12.6. The molecule has 1 amide bonds. The van der Waals surface area contributed by atoms with E-state index in [9.17, 15) is 20.1 Å². The van der Waals surface area contributed by atoms with Crippen molar-refractivity contribution in [1.82, 2.24) is 4.90 Å². The molecule has 0 saturated carbocycles. The Morgan fingerprint density at radius 3 is 2.29 bits per heavy atom. The normalized spacial score (nSPS) is 24.0. The summed E-state index contributed by atoms with van der Waals surface area (Å²) in [4.78, 5) is 13.2. The number of benzene rings is 1. The Morgan fingerprint density at radius 1 is 1.18 bits per heavy atom. The number of carbonyl (C=O) groups is 1. The molecule has 4 N–H and O–H groups in total. The third-order valence-corrected chi connectivity index (χ3v) is 2.76. The first-order valence-electron chi connectivity index (χ1n) is 5.16. The molecule has 2 atom stereocenters. The standard InChI is InChI=1S/C11H13NO5/c13-6-1-2-7(8(14)3-6)11(17)12-4-9(15)10(16)5-12/h1-3,9-10,13-16H,4-5H2. The average molecular weight is 239 g/mol. The van der Waals surface area contributed by atoms with Gasteiger partial charge in [0.25, 0.3) is 5.91 Å². The molecular weight excluding hydrogens is 226 g/mol. The molecular formula is C11H13NO5. The highest BCUT2D eigenvalue weighted by Crippen LogP contribution is 2.25. The summed E-state index contributed by atoms with van der Waals surface area (Å²) in [6.45, 7) is 0.0562. The van der Waals surface area contributed by atoms with E-state index in [0.29, 0.717) is 0 Å². The molecule has 0 spiro atoms. The number of phenols is 2. The van der Waals surface area contributed by atoms with Crippen LogP contribution in [0.4, 0.5) is 0 Å². The van der Waals surface area contributed by atoms with Gasteiger partial charge in [-0.3, -0.25) is 4.79 Å². The molecule has 1 saturated heterocycles. The maximum Gasteiger partial charge on any atom is 0.257 e. The monoisotopic (exact) mass is 239 g/mol. The molecule has 1 aliphatic rings. The van der Waals surface area contributed by atoms with Gasteiger partial charge in [0.2, 0.25) is 0 Å². The molecule has 1 aromatic carbocycles. The minimum Gasteiger partial charge on any atom is -0.508 e. The molecule has 0 radical (unpaired) electrons. The molecule has 2 unspecified atom stereocenters. The Balaban J connectivity index is 2.20. The lowest BCUT2D eigenvalue weighted by Gasteiger charge is -2.16. The lowest BCUT2D eigenvalue weighted by atomic mass is 10.1. The zero-order valence-electron chi connectivity index (χ0n) is 8.95. The summed E-state index contributed by atoms with van der Waals surface area (Å²) < 4.78 is 0. The fourth-order valence-corrected chi connectivity index (χ4v) is 1.81. The second kappa shape index (κ2) is 4.23. The molecule has 6 heteroatoms. The number of phenolic OH excluding ortho intramolecular Hbond substituents is 2. The van der Waals surface area contributed by atoms with Crippen molar-refractivity contribution in [3.05, 3.63) is 23.8 Å². The molecule has 0 bridgehead atoms. The van der Waals surface area contributed by atoms with Crippen LogP contribution >= 0.6 is 0 Å². The van der Waals surface area contributed by atoms with Crippen molar-refractivity contribution < 1.29 is 25.2 Å². The van der Waals surface area contributed by atoms with Crippen LogP contribution in [-0.2, 0) is 0 Å². The van der Waals surface area contributed by atoms with Gasteiger partial charge < -0.3 is 25.3 Å². The molecule has 6 nitrogen and oxygen atoms in total. The highest BCUT2D eigenvalue weighted by molar-refractivity contribution is 5.97. The summed E-state index contributed by atoms with van der Waals surface area (Å²) in [5, 5.41) is 37.3. The van der Waals surface area contributed by atoms with E-state index in [2.05, 4.69) is 0 Å². The minimum absolute atomic E-state index is 0.0281. The number of β-amino-alcohol motifs (C(OH)–C–C–N with tert-alkyl or cyclic N) is 2. The van der Waals surface area contributed by atoms with E-state index in [1.807, 2.05) is 0 Å². The third-order valence-electron chi connectivity index (χ3n) is 2.76. The smallest absolute Gasteiger partial charge is 0.257 e. The first-order valence-corrected chi connectivity index (χ1v) is 5.16. The van der Waals surface area contributed by atoms with Gasteiger partial charge in [0.15, 0.2) is 0 Å². The number of aliphatic hydroxyl groups excluding tert-OH is 2. The average Bonchev–Trinajstić information content (AvgIpc) is 2.58. The number of aliphatic hydroxyl groups is 2. The van der Waals surface area contributed by atoms with Gasteiger partial charge in [0, 0.05) is 19.2 Å². The Bertz CT molecular complexity index is 437. The van der Waals surface area contributed by atoms with Crippen LogP contribution in [0.5, 0.6) is 11.5 Å². The van der Waals surface area contributed by atoms with Crippen LogP contribution in [-0.4, -0.2) is 56.5 Å². The minimum atomic E-state index is -0.960. The van der Waals surface area contributed by atoms with Gasteiger partial charge in [-0.15, -0.1) is 0 Å². The summed E-state index contributed by atoms with van der Waals surface area (Å²) in [5.74, 6) is -0.954. The first-order chi connectivity index (χ1) is 7.99. The highest BCUT2D eigenvalue weighted by Gasteiger charge is 2.33. The van der Waals surface area contributed by atoms with Crippen molar-refractivity contribution >= 4 is 5.91 Å². The molecule has 1 fully saturated rings. The maximum atomic E-state index is 11.9. The van der Waals surface area contributed by atoms with Crippen LogP contribution in [0.1, 0.15) is 10.4 Å². The van der Waals surface area contributed by atoms with Crippen LogP contribution in [0, 0.1) is 0 Å². The lowest BCUT2D eigenvalue weighted by molar-refractivity contribution is 0.0572. The molecule has 0 aromatic heterocycles. The van der Waals surface area contributed by atoms with E-state index in [1.165, 1.54) is 17.0 Å².